The fourth-order valence-electron chi connectivity index (χ4n) is 2.59. The van der Waals surface area contributed by atoms with Crippen LogP contribution in [0.2, 0.25) is 0 Å². The summed E-state index contributed by atoms with van der Waals surface area (Å²) in [4.78, 5) is 0. The molecule has 0 radical (unpaired) electrons. The van der Waals surface area contributed by atoms with E-state index in [2.05, 4.69) is 71.0 Å². The van der Waals surface area contributed by atoms with Gasteiger partial charge < -0.3 is 5.73 Å². The van der Waals surface area contributed by atoms with Crippen LogP contribution in [0.15, 0.2) is 36.4 Å². The summed E-state index contributed by atoms with van der Waals surface area (Å²) in [6, 6.07) is 13.1. The van der Waals surface area contributed by atoms with Crippen LogP contribution in [-0.4, -0.2) is 0 Å². The summed E-state index contributed by atoms with van der Waals surface area (Å²) in [5.74, 6) is 0. The minimum atomic E-state index is -0.336. The molecule has 0 aromatic heterocycles. The van der Waals surface area contributed by atoms with Crippen LogP contribution in [0, 0.1) is 27.7 Å². The standard InChI is InChI=1S/C19H25N/c1-13-6-7-15(3)17(10-13)12-19(5,20)18-9-8-14(2)16(4)11-18/h6-11H,12,20H2,1-5H3. The quantitative estimate of drug-likeness (QED) is 0.879. The smallest absolute Gasteiger partial charge is 0.0422 e. The molecule has 20 heavy (non-hydrogen) atoms. The maximum absolute atomic E-state index is 6.61. The van der Waals surface area contributed by atoms with Crippen molar-refractivity contribution in [3.05, 3.63) is 69.8 Å². The van der Waals surface area contributed by atoms with Crippen molar-refractivity contribution in [2.24, 2.45) is 5.73 Å². The summed E-state index contributed by atoms with van der Waals surface area (Å²) < 4.78 is 0. The Balaban J connectivity index is 2.34. The highest BCUT2D eigenvalue weighted by molar-refractivity contribution is 5.37. The lowest BCUT2D eigenvalue weighted by atomic mass is 9.84. The molecule has 1 nitrogen and oxygen atoms in total. The first-order valence-corrected chi connectivity index (χ1v) is 7.22. The second-order valence-corrected chi connectivity index (χ2v) is 6.32. The molecule has 2 N–H and O–H groups in total. The number of hydrogen-bond acceptors (Lipinski definition) is 1. The molecule has 0 aliphatic heterocycles. The number of nitrogens with two attached hydrogens (primary N) is 1. The molecular formula is C19H25N. The van der Waals surface area contributed by atoms with Crippen molar-refractivity contribution in [2.75, 3.05) is 0 Å². The van der Waals surface area contributed by atoms with Crippen molar-refractivity contribution in [1.29, 1.82) is 0 Å². The van der Waals surface area contributed by atoms with Crippen LogP contribution in [0.25, 0.3) is 0 Å². The number of hydrogen-bond donors (Lipinski definition) is 1. The van der Waals surface area contributed by atoms with Gasteiger partial charge in [0.05, 0.1) is 0 Å². The fraction of sp³-hybridized carbons (Fsp3) is 0.368. The molecule has 2 aromatic carbocycles. The lowest BCUT2D eigenvalue weighted by molar-refractivity contribution is 0.489. The lowest BCUT2D eigenvalue weighted by Gasteiger charge is -2.27. The van der Waals surface area contributed by atoms with Crippen LogP contribution >= 0.6 is 0 Å². The van der Waals surface area contributed by atoms with Gasteiger partial charge in [-0.05, 0) is 68.9 Å². The molecule has 1 heteroatoms. The lowest BCUT2D eigenvalue weighted by Crippen LogP contribution is -2.35. The predicted molar refractivity (Wildman–Crippen MR) is 87.1 cm³/mol. The molecule has 1 atom stereocenters. The molecule has 2 aromatic rings. The number of benzene rings is 2. The Hall–Kier alpha value is -1.60. The molecule has 2 rings (SSSR count). The molecule has 0 saturated heterocycles. The highest BCUT2D eigenvalue weighted by Gasteiger charge is 2.22. The van der Waals surface area contributed by atoms with Crippen molar-refractivity contribution in [2.45, 2.75) is 46.6 Å². The van der Waals surface area contributed by atoms with E-state index >= 15 is 0 Å². The van der Waals surface area contributed by atoms with Gasteiger partial charge in [-0.3, -0.25) is 0 Å². The van der Waals surface area contributed by atoms with Crippen LogP contribution < -0.4 is 5.73 Å². The first-order chi connectivity index (χ1) is 9.29. The minimum absolute atomic E-state index is 0.336. The van der Waals surface area contributed by atoms with E-state index in [0.717, 1.165) is 6.42 Å². The first-order valence-electron chi connectivity index (χ1n) is 7.22. The monoisotopic (exact) mass is 267 g/mol. The SMILES string of the molecule is Cc1ccc(C)c(CC(C)(N)c2ccc(C)c(C)c2)c1. The van der Waals surface area contributed by atoms with Gasteiger partial charge in [0, 0.05) is 5.54 Å². The zero-order valence-corrected chi connectivity index (χ0v) is 13.2. The maximum Gasteiger partial charge on any atom is 0.0422 e. The van der Waals surface area contributed by atoms with E-state index in [9.17, 15) is 0 Å². The third-order valence-electron chi connectivity index (χ3n) is 4.23. The van der Waals surface area contributed by atoms with Crippen LogP contribution in [0.4, 0.5) is 0 Å². The van der Waals surface area contributed by atoms with Crippen molar-refractivity contribution in [1.82, 2.24) is 0 Å². The third-order valence-corrected chi connectivity index (χ3v) is 4.23. The molecule has 0 bridgehead atoms. The van der Waals surface area contributed by atoms with E-state index in [-0.39, 0.29) is 5.54 Å². The van der Waals surface area contributed by atoms with E-state index in [1.165, 1.54) is 33.4 Å². The molecule has 106 valence electrons. The molecule has 0 fully saturated rings. The molecule has 0 aliphatic rings. The van der Waals surface area contributed by atoms with E-state index in [1.807, 2.05) is 0 Å². The second-order valence-electron chi connectivity index (χ2n) is 6.32. The average Bonchev–Trinajstić information content (AvgIpc) is 2.36. The average molecular weight is 267 g/mol. The summed E-state index contributed by atoms with van der Waals surface area (Å²) in [7, 11) is 0. The number of aryl methyl sites for hydroxylation is 4. The van der Waals surface area contributed by atoms with Gasteiger partial charge in [0.2, 0.25) is 0 Å². The van der Waals surface area contributed by atoms with Gasteiger partial charge in [0.15, 0.2) is 0 Å². The third kappa shape index (κ3) is 3.10. The van der Waals surface area contributed by atoms with E-state index in [4.69, 9.17) is 5.73 Å². The van der Waals surface area contributed by atoms with Crippen molar-refractivity contribution in [3.8, 4) is 0 Å². The first kappa shape index (κ1) is 14.8. The Morgan fingerprint density at radius 3 is 2.15 bits per heavy atom. The maximum atomic E-state index is 6.61. The van der Waals surface area contributed by atoms with Gasteiger partial charge in [0.25, 0.3) is 0 Å². The molecule has 0 aliphatic carbocycles. The van der Waals surface area contributed by atoms with Gasteiger partial charge in [-0.2, -0.15) is 0 Å². The van der Waals surface area contributed by atoms with Crippen LogP contribution in [0.3, 0.4) is 0 Å². The molecule has 0 saturated carbocycles. The Kier molecular flexibility index (Phi) is 4.01. The molecule has 1 unspecified atom stereocenters. The summed E-state index contributed by atoms with van der Waals surface area (Å²) in [6.07, 6.45) is 0.864. The van der Waals surface area contributed by atoms with E-state index in [0.29, 0.717) is 0 Å². The van der Waals surface area contributed by atoms with Crippen LogP contribution in [-0.2, 0) is 12.0 Å². The second kappa shape index (κ2) is 5.41. The molecule has 0 amide bonds. The summed E-state index contributed by atoms with van der Waals surface area (Å²) in [5.41, 5.74) is 14.1. The Morgan fingerprint density at radius 2 is 1.50 bits per heavy atom. The zero-order valence-electron chi connectivity index (χ0n) is 13.2. The Bertz CT molecular complexity index is 624. The minimum Gasteiger partial charge on any atom is -0.321 e. The summed E-state index contributed by atoms with van der Waals surface area (Å²) in [6.45, 7) is 10.7. The largest absolute Gasteiger partial charge is 0.321 e. The van der Waals surface area contributed by atoms with Crippen LogP contribution in [0.1, 0.15) is 40.3 Å². The van der Waals surface area contributed by atoms with Gasteiger partial charge >= 0.3 is 0 Å². The Labute approximate surface area is 122 Å². The van der Waals surface area contributed by atoms with Gasteiger partial charge in [-0.25, -0.2) is 0 Å². The molecule has 0 spiro atoms. The van der Waals surface area contributed by atoms with E-state index < -0.39 is 0 Å². The number of rotatable bonds is 3. The topological polar surface area (TPSA) is 26.0 Å². The fourth-order valence-corrected chi connectivity index (χ4v) is 2.59. The van der Waals surface area contributed by atoms with Crippen molar-refractivity contribution in [3.63, 3.8) is 0 Å². The molecular weight excluding hydrogens is 242 g/mol. The van der Waals surface area contributed by atoms with Gasteiger partial charge in [0.1, 0.15) is 0 Å². The van der Waals surface area contributed by atoms with Gasteiger partial charge in [-0.15, -0.1) is 0 Å². The highest BCUT2D eigenvalue weighted by Crippen LogP contribution is 2.26. The van der Waals surface area contributed by atoms with Crippen molar-refractivity contribution >= 4 is 0 Å². The summed E-state index contributed by atoms with van der Waals surface area (Å²) in [5, 5.41) is 0. The Morgan fingerprint density at radius 1 is 0.850 bits per heavy atom. The predicted octanol–water partition coefficient (Wildman–Crippen LogP) is 4.34. The van der Waals surface area contributed by atoms with Crippen LogP contribution in [0.5, 0.6) is 0 Å². The van der Waals surface area contributed by atoms with E-state index in [1.54, 1.807) is 0 Å². The van der Waals surface area contributed by atoms with Crippen molar-refractivity contribution < 1.29 is 0 Å². The zero-order chi connectivity index (χ0) is 14.9. The van der Waals surface area contributed by atoms with Gasteiger partial charge in [-0.1, -0.05) is 42.0 Å². The summed E-state index contributed by atoms with van der Waals surface area (Å²) >= 11 is 0. The highest BCUT2D eigenvalue weighted by atomic mass is 14.7. The normalized spacial score (nSPS) is 14.1. The molecule has 0 heterocycles.